The Morgan fingerprint density at radius 2 is 2.33 bits per heavy atom. The molecule has 0 aliphatic rings. The summed E-state index contributed by atoms with van der Waals surface area (Å²) in [6.45, 7) is 2.23. The van der Waals surface area contributed by atoms with Crippen LogP contribution < -0.4 is 0 Å². The largest absolute Gasteiger partial charge is 0.465 e. The third kappa shape index (κ3) is 4.51. The molecule has 0 spiro atoms. The standard InChI is InChI=1S/C11H12BrIO2/c1-2-15-11(14)10(12)7-8-4-3-5-9(13)6-8/h3-6,10H,2,7H2,1H3. The van der Waals surface area contributed by atoms with Crippen LogP contribution in [0.2, 0.25) is 0 Å². The molecule has 0 fully saturated rings. The Bertz CT molecular complexity index is 341. The summed E-state index contributed by atoms with van der Waals surface area (Å²) in [7, 11) is 0. The van der Waals surface area contributed by atoms with E-state index in [1.54, 1.807) is 0 Å². The van der Waals surface area contributed by atoms with Gasteiger partial charge in [0.05, 0.1) is 6.61 Å². The lowest BCUT2D eigenvalue weighted by molar-refractivity contribution is -0.142. The van der Waals surface area contributed by atoms with Gasteiger partial charge in [-0.2, -0.15) is 0 Å². The molecule has 1 rings (SSSR count). The second kappa shape index (κ2) is 6.48. The molecule has 0 aromatic heterocycles. The van der Waals surface area contributed by atoms with E-state index in [0.717, 1.165) is 5.56 Å². The molecule has 0 aliphatic carbocycles. The zero-order chi connectivity index (χ0) is 11.3. The highest BCUT2D eigenvalue weighted by Crippen LogP contribution is 2.14. The Kier molecular flexibility index (Phi) is 5.60. The van der Waals surface area contributed by atoms with Crippen LogP contribution in [0.25, 0.3) is 0 Å². The first kappa shape index (κ1) is 13.0. The lowest BCUT2D eigenvalue weighted by Crippen LogP contribution is -2.19. The highest BCUT2D eigenvalue weighted by atomic mass is 127. The summed E-state index contributed by atoms with van der Waals surface area (Å²) < 4.78 is 6.09. The Balaban J connectivity index is 2.58. The van der Waals surface area contributed by atoms with E-state index in [-0.39, 0.29) is 10.8 Å². The minimum atomic E-state index is -0.254. The number of hydrogen-bond acceptors (Lipinski definition) is 2. The molecule has 0 aliphatic heterocycles. The van der Waals surface area contributed by atoms with Crippen LogP contribution >= 0.6 is 38.5 Å². The molecule has 0 radical (unpaired) electrons. The predicted molar refractivity (Wildman–Crippen MR) is 72.2 cm³/mol. The van der Waals surface area contributed by atoms with E-state index in [1.165, 1.54) is 3.57 Å². The number of ether oxygens (including phenoxy) is 1. The summed E-state index contributed by atoms with van der Waals surface area (Å²) in [6.07, 6.45) is 0.662. The molecular formula is C11H12BrIO2. The number of hydrogen-bond donors (Lipinski definition) is 0. The Morgan fingerprint density at radius 1 is 1.60 bits per heavy atom. The van der Waals surface area contributed by atoms with Crippen molar-refractivity contribution in [3.05, 3.63) is 33.4 Å². The van der Waals surface area contributed by atoms with Crippen molar-refractivity contribution in [2.75, 3.05) is 6.61 Å². The van der Waals surface area contributed by atoms with Gasteiger partial charge in [0, 0.05) is 3.57 Å². The Labute approximate surface area is 112 Å². The van der Waals surface area contributed by atoms with Crippen molar-refractivity contribution in [2.24, 2.45) is 0 Å². The third-order valence-electron chi connectivity index (χ3n) is 1.85. The molecule has 0 heterocycles. The summed E-state index contributed by atoms with van der Waals surface area (Å²) in [5.74, 6) is -0.198. The fourth-order valence-corrected chi connectivity index (χ4v) is 2.30. The molecule has 2 nitrogen and oxygen atoms in total. The topological polar surface area (TPSA) is 26.3 Å². The van der Waals surface area contributed by atoms with Gasteiger partial charge in [0.1, 0.15) is 4.83 Å². The molecule has 0 N–H and O–H groups in total. The number of benzene rings is 1. The average molecular weight is 383 g/mol. The van der Waals surface area contributed by atoms with E-state index >= 15 is 0 Å². The van der Waals surface area contributed by atoms with Crippen molar-refractivity contribution >= 4 is 44.5 Å². The van der Waals surface area contributed by atoms with Crippen molar-refractivity contribution in [1.29, 1.82) is 0 Å². The maximum Gasteiger partial charge on any atom is 0.320 e. The summed E-state index contributed by atoms with van der Waals surface area (Å²) in [4.78, 5) is 11.1. The van der Waals surface area contributed by atoms with Crippen LogP contribution in [-0.4, -0.2) is 17.4 Å². The highest BCUT2D eigenvalue weighted by Gasteiger charge is 2.16. The van der Waals surface area contributed by atoms with Crippen molar-refractivity contribution in [3.8, 4) is 0 Å². The van der Waals surface area contributed by atoms with Crippen molar-refractivity contribution < 1.29 is 9.53 Å². The van der Waals surface area contributed by atoms with Gasteiger partial charge >= 0.3 is 5.97 Å². The van der Waals surface area contributed by atoms with Gasteiger partial charge in [0.25, 0.3) is 0 Å². The van der Waals surface area contributed by atoms with Gasteiger partial charge in [0.2, 0.25) is 0 Å². The number of carbonyl (C=O) groups is 1. The molecule has 0 saturated heterocycles. The fourth-order valence-electron chi connectivity index (χ4n) is 1.19. The van der Waals surface area contributed by atoms with Crippen LogP contribution in [-0.2, 0) is 16.0 Å². The molecule has 1 unspecified atom stereocenters. The van der Waals surface area contributed by atoms with E-state index < -0.39 is 0 Å². The Morgan fingerprint density at radius 3 is 2.93 bits per heavy atom. The van der Waals surface area contributed by atoms with Gasteiger partial charge in [-0.25, -0.2) is 0 Å². The number of carbonyl (C=O) groups excluding carboxylic acids is 1. The number of esters is 1. The highest BCUT2D eigenvalue weighted by molar-refractivity contribution is 14.1. The molecule has 4 heteroatoms. The SMILES string of the molecule is CCOC(=O)C(Br)Cc1cccc(I)c1. The number of rotatable bonds is 4. The second-order valence-electron chi connectivity index (χ2n) is 3.05. The molecule has 1 aromatic carbocycles. The maximum atomic E-state index is 11.4. The fraction of sp³-hybridized carbons (Fsp3) is 0.364. The average Bonchev–Trinajstić information content (AvgIpc) is 2.18. The monoisotopic (exact) mass is 382 g/mol. The van der Waals surface area contributed by atoms with E-state index in [0.29, 0.717) is 13.0 Å². The van der Waals surface area contributed by atoms with Gasteiger partial charge in [0.15, 0.2) is 0 Å². The lowest BCUT2D eigenvalue weighted by Gasteiger charge is -2.08. The predicted octanol–water partition coefficient (Wildman–Crippen LogP) is 3.16. The zero-order valence-electron chi connectivity index (χ0n) is 8.37. The summed E-state index contributed by atoms with van der Waals surface area (Å²) in [6, 6.07) is 8.09. The van der Waals surface area contributed by atoms with Crippen LogP contribution in [0.3, 0.4) is 0 Å². The van der Waals surface area contributed by atoms with E-state index in [1.807, 2.05) is 25.1 Å². The van der Waals surface area contributed by atoms with E-state index in [2.05, 4.69) is 44.6 Å². The van der Waals surface area contributed by atoms with Gasteiger partial charge in [-0.05, 0) is 53.6 Å². The molecular weight excluding hydrogens is 371 g/mol. The molecule has 82 valence electrons. The summed E-state index contributed by atoms with van der Waals surface area (Å²) >= 11 is 5.58. The molecule has 15 heavy (non-hydrogen) atoms. The van der Waals surface area contributed by atoms with Gasteiger partial charge in [-0.3, -0.25) is 4.79 Å². The molecule has 0 amide bonds. The van der Waals surface area contributed by atoms with Gasteiger partial charge in [-0.15, -0.1) is 0 Å². The molecule has 1 aromatic rings. The van der Waals surface area contributed by atoms with Crippen molar-refractivity contribution in [3.63, 3.8) is 0 Å². The van der Waals surface area contributed by atoms with Crippen molar-refractivity contribution in [2.45, 2.75) is 18.2 Å². The Hall–Kier alpha value is -0.100. The molecule has 0 bridgehead atoms. The normalized spacial score (nSPS) is 12.2. The second-order valence-corrected chi connectivity index (χ2v) is 5.40. The van der Waals surface area contributed by atoms with E-state index in [9.17, 15) is 4.79 Å². The van der Waals surface area contributed by atoms with Crippen LogP contribution in [0.5, 0.6) is 0 Å². The van der Waals surface area contributed by atoms with Crippen LogP contribution in [0.4, 0.5) is 0 Å². The van der Waals surface area contributed by atoms with Gasteiger partial charge in [-0.1, -0.05) is 28.1 Å². The number of halogens is 2. The lowest BCUT2D eigenvalue weighted by atomic mass is 10.1. The minimum absolute atomic E-state index is 0.198. The minimum Gasteiger partial charge on any atom is -0.465 e. The zero-order valence-corrected chi connectivity index (χ0v) is 12.1. The molecule has 1 atom stereocenters. The van der Waals surface area contributed by atoms with E-state index in [4.69, 9.17) is 4.74 Å². The van der Waals surface area contributed by atoms with Crippen LogP contribution in [0.15, 0.2) is 24.3 Å². The van der Waals surface area contributed by atoms with Crippen LogP contribution in [0, 0.1) is 3.57 Å². The first-order chi connectivity index (χ1) is 7.13. The molecule has 0 saturated carbocycles. The summed E-state index contributed by atoms with van der Waals surface area (Å²) in [5, 5.41) is 0. The van der Waals surface area contributed by atoms with Gasteiger partial charge < -0.3 is 4.74 Å². The number of alkyl halides is 1. The van der Waals surface area contributed by atoms with Crippen molar-refractivity contribution in [1.82, 2.24) is 0 Å². The first-order valence-electron chi connectivity index (χ1n) is 4.68. The quantitative estimate of drug-likeness (QED) is 0.454. The summed E-state index contributed by atoms with van der Waals surface area (Å²) in [5.41, 5.74) is 1.14. The smallest absolute Gasteiger partial charge is 0.320 e. The third-order valence-corrected chi connectivity index (χ3v) is 3.21. The maximum absolute atomic E-state index is 11.4. The van der Waals surface area contributed by atoms with Crippen LogP contribution in [0.1, 0.15) is 12.5 Å². The first-order valence-corrected chi connectivity index (χ1v) is 6.68.